The van der Waals surface area contributed by atoms with E-state index >= 15 is 0 Å². The Morgan fingerprint density at radius 1 is 0.667 bits per heavy atom. The highest BCUT2D eigenvalue weighted by atomic mass is 16.5. The van der Waals surface area contributed by atoms with E-state index in [2.05, 4.69) is 12.1 Å². The van der Waals surface area contributed by atoms with Crippen LogP contribution in [0.4, 0.5) is 5.69 Å². The molecule has 0 bridgehead atoms. The summed E-state index contributed by atoms with van der Waals surface area (Å²) in [5.74, 6) is 0.841. The number of ether oxygens (including phenoxy) is 1. The maximum atomic E-state index is 6.19. The molecule has 2 N–H and O–H groups in total. The molecule has 0 aromatic heterocycles. The summed E-state index contributed by atoms with van der Waals surface area (Å²) in [4.78, 5) is 0. The first kappa shape index (κ1) is 13.3. The highest BCUT2D eigenvalue weighted by molar-refractivity contribution is 5.44. The number of benzene rings is 3. The summed E-state index contributed by atoms with van der Waals surface area (Å²) in [6.45, 7) is 0. The van der Waals surface area contributed by atoms with Gasteiger partial charge in [0.2, 0.25) is 0 Å². The van der Waals surface area contributed by atoms with Gasteiger partial charge in [-0.05, 0) is 35.4 Å². The maximum Gasteiger partial charge on any atom is 0.149 e. The van der Waals surface area contributed by atoms with Crippen molar-refractivity contribution >= 4 is 5.69 Å². The van der Waals surface area contributed by atoms with Gasteiger partial charge in [0.25, 0.3) is 0 Å². The topological polar surface area (TPSA) is 35.2 Å². The van der Waals surface area contributed by atoms with E-state index in [-0.39, 0.29) is 6.10 Å². The molecule has 0 fully saturated rings. The van der Waals surface area contributed by atoms with Crippen molar-refractivity contribution in [2.75, 3.05) is 5.73 Å². The third-order valence-electron chi connectivity index (χ3n) is 3.31. The monoisotopic (exact) mass is 275 g/mol. The molecule has 0 amide bonds. The van der Waals surface area contributed by atoms with Crippen LogP contribution in [0.5, 0.6) is 5.75 Å². The molecule has 104 valence electrons. The van der Waals surface area contributed by atoms with Crippen LogP contribution in [0.2, 0.25) is 0 Å². The number of nitrogens with two attached hydrogens (primary N) is 1. The Balaban J connectivity index is 1.99. The van der Waals surface area contributed by atoms with Crippen LogP contribution in [0, 0.1) is 0 Å². The molecule has 3 aromatic rings. The summed E-state index contributed by atoms with van der Waals surface area (Å²) in [7, 11) is 0. The van der Waals surface area contributed by atoms with Crippen molar-refractivity contribution in [1.82, 2.24) is 0 Å². The third-order valence-corrected chi connectivity index (χ3v) is 3.31. The standard InChI is InChI=1S/C19H17NO/c20-17-11-7-10-16(14-17)19(15-8-3-1-4-9-15)21-18-12-5-2-6-13-18/h1-14,19H,20H2. The van der Waals surface area contributed by atoms with Crippen molar-refractivity contribution in [3.8, 4) is 5.75 Å². The van der Waals surface area contributed by atoms with Gasteiger partial charge >= 0.3 is 0 Å². The highest BCUT2D eigenvalue weighted by Crippen LogP contribution is 2.29. The molecule has 0 radical (unpaired) electrons. The largest absolute Gasteiger partial charge is 0.481 e. The molecule has 2 nitrogen and oxygen atoms in total. The fourth-order valence-electron chi connectivity index (χ4n) is 2.31. The van der Waals surface area contributed by atoms with E-state index in [0.29, 0.717) is 0 Å². The first-order valence-electron chi connectivity index (χ1n) is 6.95. The Hall–Kier alpha value is -2.74. The number of anilines is 1. The van der Waals surface area contributed by atoms with Crippen molar-refractivity contribution < 1.29 is 4.74 Å². The molecule has 0 aliphatic rings. The molecule has 3 rings (SSSR count). The first-order chi connectivity index (χ1) is 10.3. The van der Waals surface area contributed by atoms with Gasteiger partial charge in [0.05, 0.1) is 0 Å². The summed E-state index contributed by atoms with van der Waals surface area (Å²) in [6.07, 6.45) is -0.169. The minimum absolute atomic E-state index is 0.169. The van der Waals surface area contributed by atoms with E-state index in [0.717, 1.165) is 22.6 Å². The first-order valence-corrected chi connectivity index (χ1v) is 6.95. The fourth-order valence-corrected chi connectivity index (χ4v) is 2.31. The minimum Gasteiger partial charge on any atom is -0.481 e. The summed E-state index contributed by atoms with van der Waals surface area (Å²) >= 11 is 0. The van der Waals surface area contributed by atoms with Crippen molar-refractivity contribution in [3.63, 3.8) is 0 Å². The van der Waals surface area contributed by atoms with E-state index in [9.17, 15) is 0 Å². The summed E-state index contributed by atoms with van der Waals surface area (Å²) in [5, 5.41) is 0. The molecule has 3 aromatic carbocycles. The van der Waals surface area contributed by atoms with Gasteiger partial charge in [-0.25, -0.2) is 0 Å². The molecule has 1 atom stereocenters. The highest BCUT2D eigenvalue weighted by Gasteiger charge is 2.16. The molecule has 0 aliphatic heterocycles. The lowest BCUT2D eigenvalue weighted by molar-refractivity contribution is 0.247. The smallest absolute Gasteiger partial charge is 0.149 e. The lowest BCUT2D eigenvalue weighted by atomic mass is 10.0. The lowest BCUT2D eigenvalue weighted by Crippen LogP contribution is -2.09. The summed E-state index contributed by atoms with van der Waals surface area (Å²) in [5.41, 5.74) is 8.80. The predicted molar refractivity (Wildman–Crippen MR) is 86.2 cm³/mol. The Morgan fingerprint density at radius 3 is 1.95 bits per heavy atom. The van der Waals surface area contributed by atoms with Crippen LogP contribution >= 0.6 is 0 Å². The molecule has 0 spiro atoms. The zero-order chi connectivity index (χ0) is 14.5. The molecular formula is C19H17NO. The average molecular weight is 275 g/mol. The molecule has 0 saturated heterocycles. The molecule has 21 heavy (non-hydrogen) atoms. The van der Waals surface area contributed by atoms with Crippen LogP contribution in [-0.2, 0) is 0 Å². The van der Waals surface area contributed by atoms with Crippen LogP contribution in [0.1, 0.15) is 17.2 Å². The Morgan fingerprint density at radius 2 is 1.29 bits per heavy atom. The van der Waals surface area contributed by atoms with Crippen LogP contribution in [0.3, 0.4) is 0 Å². The van der Waals surface area contributed by atoms with Crippen LogP contribution in [-0.4, -0.2) is 0 Å². The van der Waals surface area contributed by atoms with Crippen LogP contribution < -0.4 is 10.5 Å². The second-order valence-corrected chi connectivity index (χ2v) is 4.89. The van der Waals surface area contributed by atoms with Gasteiger partial charge in [-0.1, -0.05) is 60.7 Å². The van der Waals surface area contributed by atoms with Crippen LogP contribution in [0.25, 0.3) is 0 Å². The van der Waals surface area contributed by atoms with Gasteiger partial charge in [-0.15, -0.1) is 0 Å². The zero-order valence-corrected chi connectivity index (χ0v) is 11.6. The van der Waals surface area contributed by atoms with E-state index < -0.39 is 0 Å². The van der Waals surface area contributed by atoms with Gasteiger partial charge < -0.3 is 10.5 Å². The summed E-state index contributed by atoms with van der Waals surface area (Å²) < 4.78 is 6.19. The number of hydrogen-bond donors (Lipinski definition) is 1. The van der Waals surface area contributed by atoms with E-state index in [1.54, 1.807) is 0 Å². The van der Waals surface area contributed by atoms with Crippen LogP contribution in [0.15, 0.2) is 84.9 Å². The Labute approximate surface area is 124 Å². The minimum atomic E-state index is -0.169. The Kier molecular flexibility index (Phi) is 3.88. The predicted octanol–water partition coefficient (Wildman–Crippen LogP) is 4.44. The van der Waals surface area contributed by atoms with Crippen molar-refractivity contribution in [2.24, 2.45) is 0 Å². The average Bonchev–Trinajstić information content (AvgIpc) is 2.54. The molecule has 0 saturated carbocycles. The van der Waals surface area contributed by atoms with Gasteiger partial charge in [0.15, 0.2) is 0 Å². The number of hydrogen-bond acceptors (Lipinski definition) is 2. The van der Waals surface area contributed by atoms with Crippen molar-refractivity contribution in [1.29, 1.82) is 0 Å². The SMILES string of the molecule is Nc1cccc(C(Oc2ccccc2)c2ccccc2)c1. The normalized spacial score (nSPS) is 11.8. The van der Waals surface area contributed by atoms with Gasteiger partial charge in [-0.2, -0.15) is 0 Å². The molecule has 1 unspecified atom stereocenters. The molecule has 2 heteroatoms. The van der Waals surface area contributed by atoms with Gasteiger partial charge in [-0.3, -0.25) is 0 Å². The zero-order valence-electron chi connectivity index (χ0n) is 11.6. The van der Waals surface area contributed by atoms with E-state index in [4.69, 9.17) is 10.5 Å². The third kappa shape index (κ3) is 3.23. The van der Waals surface area contributed by atoms with Crippen molar-refractivity contribution in [2.45, 2.75) is 6.10 Å². The summed E-state index contributed by atoms with van der Waals surface area (Å²) in [6, 6.07) is 27.8. The second-order valence-electron chi connectivity index (χ2n) is 4.89. The van der Waals surface area contributed by atoms with Crippen molar-refractivity contribution in [3.05, 3.63) is 96.1 Å². The van der Waals surface area contributed by atoms with E-state index in [1.165, 1.54) is 0 Å². The molecule has 0 heterocycles. The number of para-hydroxylation sites is 1. The number of nitrogen functional groups attached to an aromatic ring is 1. The molecule has 0 aliphatic carbocycles. The number of rotatable bonds is 4. The Bertz CT molecular complexity index is 695. The second kappa shape index (κ2) is 6.14. The molecular weight excluding hydrogens is 258 g/mol. The van der Waals surface area contributed by atoms with E-state index in [1.807, 2.05) is 72.8 Å². The van der Waals surface area contributed by atoms with Gasteiger partial charge in [0.1, 0.15) is 11.9 Å². The lowest BCUT2D eigenvalue weighted by Gasteiger charge is -2.20. The van der Waals surface area contributed by atoms with Gasteiger partial charge in [0, 0.05) is 5.69 Å². The maximum absolute atomic E-state index is 6.19. The fraction of sp³-hybridized carbons (Fsp3) is 0.0526. The quantitative estimate of drug-likeness (QED) is 0.714.